The predicted octanol–water partition coefficient (Wildman–Crippen LogP) is 3.68. The molecule has 90 valence electrons. The number of hydrogen-bond donors (Lipinski definition) is 0. The summed E-state index contributed by atoms with van der Waals surface area (Å²) in [5, 5.41) is 0.980. The summed E-state index contributed by atoms with van der Waals surface area (Å²) in [4.78, 5) is 2.26. The van der Waals surface area contributed by atoms with Crippen molar-refractivity contribution in [2.45, 2.75) is 20.4 Å². The largest absolute Gasteiger partial charge is 0.302 e. The van der Waals surface area contributed by atoms with E-state index in [1.165, 1.54) is 12.1 Å². The van der Waals surface area contributed by atoms with Crippen molar-refractivity contribution in [1.82, 2.24) is 4.90 Å². The van der Waals surface area contributed by atoms with Crippen LogP contribution < -0.4 is 0 Å². The summed E-state index contributed by atoms with van der Waals surface area (Å²) >= 11 is 3.52. The Morgan fingerprint density at radius 3 is 2.31 bits per heavy atom. The van der Waals surface area contributed by atoms with Crippen molar-refractivity contribution >= 4 is 15.9 Å². The van der Waals surface area contributed by atoms with Gasteiger partial charge in [0.1, 0.15) is 5.82 Å². The molecule has 3 heteroatoms. The maximum absolute atomic E-state index is 12.7. The van der Waals surface area contributed by atoms with Crippen LogP contribution in [0.15, 0.2) is 24.3 Å². The molecule has 0 saturated carbocycles. The van der Waals surface area contributed by atoms with Crippen molar-refractivity contribution in [1.29, 1.82) is 0 Å². The van der Waals surface area contributed by atoms with Crippen molar-refractivity contribution in [3.05, 3.63) is 35.6 Å². The van der Waals surface area contributed by atoms with Crippen LogP contribution in [0.25, 0.3) is 0 Å². The van der Waals surface area contributed by atoms with Crippen LogP contribution in [-0.2, 0) is 6.54 Å². The monoisotopic (exact) mass is 287 g/mol. The van der Waals surface area contributed by atoms with E-state index in [0.29, 0.717) is 0 Å². The summed E-state index contributed by atoms with van der Waals surface area (Å²) in [5.41, 5.74) is 1.41. The van der Waals surface area contributed by atoms with Gasteiger partial charge in [-0.15, -0.1) is 0 Å². The third kappa shape index (κ3) is 4.62. The highest BCUT2D eigenvalue weighted by Gasteiger charge is 2.18. The Bertz CT molecular complexity index is 321. The Morgan fingerprint density at radius 2 is 1.81 bits per heavy atom. The van der Waals surface area contributed by atoms with E-state index in [2.05, 4.69) is 41.7 Å². The second kappa shape index (κ2) is 5.78. The molecule has 0 fully saturated rings. The van der Waals surface area contributed by atoms with E-state index in [1.807, 2.05) is 12.1 Å². The standard InChI is InChI=1S/C13H19BrFN/c1-13(2,9-14)10-16(3)8-11-4-6-12(15)7-5-11/h4-7H,8-10H2,1-3H3. The van der Waals surface area contributed by atoms with E-state index in [-0.39, 0.29) is 11.2 Å². The molecule has 0 aromatic heterocycles. The first kappa shape index (κ1) is 13.7. The summed E-state index contributed by atoms with van der Waals surface area (Å²) in [6.07, 6.45) is 0. The fourth-order valence-corrected chi connectivity index (χ4v) is 1.91. The molecule has 16 heavy (non-hydrogen) atoms. The lowest BCUT2D eigenvalue weighted by Crippen LogP contribution is -2.32. The lowest BCUT2D eigenvalue weighted by atomic mass is 9.96. The summed E-state index contributed by atoms with van der Waals surface area (Å²) in [7, 11) is 2.09. The Hall–Kier alpha value is -0.410. The van der Waals surface area contributed by atoms with Crippen molar-refractivity contribution in [3.63, 3.8) is 0 Å². The van der Waals surface area contributed by atoms with Gasteiger partial charge < -0.3 is 4.90 Å². The van der Waals surface area contributed by atoms with Crippen LogP contribution in [0, 0.1) is 11.2 Å². The molecule has 0 spiro atoms. The van der Waals surface area contributed by atoms with E-state index in [1.54, 1.807) is 0 Å². The van der Waals surface area contributed by atoms with Crippen LogP contribution >= 0.6 is 15.9 Å². The van der Waals surface area contributed by atoms with Crippen LogP contribution in [0.1, 0.15) is 19.4 Å². The number of rotatable bonds is 5. The average Bonchev–Trinajstić information content (AvgIpc) is 2.21. The molecule has 0 amide bonds. The minimum Gasteiger partial charge on any atom is -0.302 e. The average molecular weight is 288 g/mol. The van der Waals surface area contributed by atoms with Gasteiger partial charge >= 0.3 is 0 Å². The topological polar surface area (TPSA) is 3.24 Å². The molecule has 1 nitrogen and oxygen atoms in total. The third-order valence-electron chi connectivity index (χ3n) is 2.43. The van der Waals surface area contributed by atoms with Crippen molar-refractivity contribution < 1.29 is 4.39 Å². The predicted molar refractivity (Wildman–Crippen MR) is 70.3 cm³/mol. The van der Waals surface area contributed by atoms with Crippen LogP contribution in [0.4, 0.5) is 4.39 Å². The highest BCUT2D eigenvalue weighted by atomic mass is 79.9. The second-order valence-electron chi connectivity index (χ2n) is 5.10. The summed E-state index contributed by atoms with van der Waals surface area (Å²) in [6, 6.07) is 6.71. The number of alkyl halides is 1. The van der Waals surface area contributed by atoms with E-state index >= 15 is 0 Å². The number of nitrogens with zero attached hydrogens (tertiary/aromatic N) is 1. The maximum atomic E-state index is 12.7. The van der Waals surface area contributed by atoms with Gasteiger partial charge in [0.15, 0.2) is 0 Å². The van der Waals surface area contributed by atoms with Crippen LogP contribution in [-0.4, -0.2) is 23.8 Å². The van der Waals surface area contributed by atoms with E-state index < -0.39 is 0 Å². The molecule has 0 bridgehead atoms. The van der Waals surface area contributed by atoms with E-state index in [9.17, 15) is 4.39 Å². The molecule has 0 atom stereocenters. The Balaban J connectivity index is 2.51. The van der Waals surface area contributed by atoms with Gasteiger partial charge in [0, 0.05) is 18.4 Å². The minimum atomic E-state index is -0.174. The van der Waals surface area contributed by atoms with Crippen LogP contribution in [0.3, 0.4) is 0 Å². The molecular formula is C13H19BrFN. The van der Waals surface area contributed by atoms with Gasteiger partial charge in [0.25, 0.3) is 0 Å². The van der Waals surface area contributed by atoms with Gasteiger partial charge in [-0.2, -0.15) is 0 Å². The molecule has 0 aliphatic heterocycles. The molecule has 0 saturated heterocycles. The summed E-state index contributed by atoms with van der Waals surface area (Å²) < 4.78 is 12.7. The SMILES string of the molecule is CN(Cc1ccc(F)cc1)CC(C)(C)CBr. The zero-order valence-corrected chi connectivity index (χ0v) is 11.7. The zero-order valence-electron chi connectivity index (χ0n) is 10.1. The first-order chi connectivity index (χ1) is 7.43. The van der Waals surface area contributed by atoms with E-state index in [4.69, 9.17) is 0 Å². The first-order valence-corrected chi connectivity index (χ1v) is 6.54. The lowest BCUT2D eigenvalue weighted by molar-refractivity contribution is 0.226. The molecule has 1 aromatic rings. The maximum Gasteiger partial charge on any atom is 0.123 e. The summed E-state index contributed by atoms with van der Waals surface area (Å²) in [5.74, 6) is -0.174. The molecule has 0 unspecified atom stereocenters. The smallest absolute Gasteiger partial charge is 0.123 e. The van der Waals surface area contributed by atoms with E-state index in [0.717, 1.165) is 24.0 Å². The minimum absolute atomic E-state index is 0.174. The van der Waals surface area contributed by atoms with Gasteiger partial charge in [0.05, 0.1) is 0 Å². The zero-order chi connectivity index (χ0) is 12.2. The Morgan fingerprint density at radius 1 is 1.25 bits per heavy atom. The van der Waals surface area contributed by atoms with Crippen LogP contribution in [0.5, 0.6) is 0 Å². The third-order valence-corrected chi connectivity index (χ3v) is 3.94. The molecule has 1 rings (SSSR count). The lowest BCUT2D eigenvalue weighted by Gasteiger charge is -2.28. The van der Waals surface area contributed by atoms with Gasteiger partial charge in [-0.1, -0.05) is 41.9 Å². The fraction of sp³-hybridized carbons (Fsp3) is 0.538. The van der Waals surface area contributed by atoms with Crippen molar-refractivity contribution in [2.24, 2.45) is 5.41 Å². The van der Waals surface area contributed by atoms with Gasteiger partial charge in [-0.05, 0) is 30.2 Å². The van der Waals surface area contributed by atoms with Crippen LogP contribution in [0.2, 0.25) is 0 Å². The van der Waals surface area contributed by atoms with Crippen molar-refractivity contribution in [3.8, 4) is 0 Å². The normalized spacial score (nSPS) is 12.1. The van der Waals surface area contributed by atoms with Gasteiger partial charge in [-0.3, -0.25) is 0 Å². The Kier molecular flexibility index (Phi) is 4.93. The molecule has 0 heterocycles. The number of hydrogen-bond acceptors (Lipinski definition) is 1. The Labute approximate surface area is 106 Å². The van der Waals surface area contributed by atoms with Crippen molar-refractivity contribution in [2.75, 3.05) is 18.9 Å². The summed E-state index contributed by atoms with van der Waals surface area (Å²) in [6.45, 7) is 6.32. The second-order valence-corrected chi connectivity index (χ2v) is 5.66. The first-order valence-electron chi connectivity index (χ1n) is 5.42. The molecule has 0 N–H and O–H groups in total. The molecule has 0 aliphatic carbocycles. The number of halogens is 2. The van der Waals surface area contributed by atoms with Gasteiger partial charge in [0.2, 0.25) is 0 Å². The molecule has 0 aliphatic rings. The molecular weight excluding hydrogens is 269 g/mol. The molecule has 1 aromatic carbocycles. The molecule has 0 radical (unpaired) electrons. The quantitative estimate of drug-likeness (QED) is 0.747. The number of benzene rings is 1. The highest BCUT2D eigenvalue weighted by molar-refractivity contribution is 9.09. The van der Waals surface area contributed by atoms with Gasteiger partial charge in [-0.25, -0.2) is 4.39 Å². The fourth-order valence-electron chi connectivity index (χ4n) is 1.73. The highest BCUT2D eigenvalue weighted by Crippen LogP contribution is 2.20.